The van der Waals surface area contributed by atoms with Crippen molar-refractivity contribution in [2.45, 2.75) is 64.7 Å². The Bertz CT molecular complexity index is 1470. The predicted molar refractivity (Wildman–Crippen MR) is 164 cm³/mol. The average molecular weight is 574 g/mol. The number of nitrogens with zero attached hydrogens (tertiary/aromatic N) is 3. The van der Waals surface area contributed by atoms with Crippen molar-refractivity contribution in [3.8, 4) is 6.07 Å². The molecule has 1 aliphatic carbocycles. The van der Waals surface area contributed by atoms with Gasteiger partial charge in [-0.05, 0) is 90.3 Å². The minimum Gasteiger partial charge on any atom is -0.477 e. The van der Waals surface area contributed by atoms with Gasteiger partial charge in [0.2, 0.25) is 0 Å². The Labute approximate surface area is 247 Å². The Morgan fingerprint density at radius 3 is 2.52 bits per heavy atom. The Kier molecular flexibility index (Phi) is 8.68. The maximum Gasteiger partial charge on any atom is 0.346 e. The summed E-state index contributed by atoms with van der Waals surface area (Å²) in [4.78, 5) is 20.3. The number of fused-ring (bicyclic) bond motifs is 1. The van der Waals surface area contributed by atoms with Crippen LogP contribution in [-0.2, 0) is 10.2 Å². The van der Waals surface area contributed by atoms with Gasteiger partial charge in [-0.15, -0.1) is 0 Å². The van der Waals surface area contributed by atoms with E-state index in [1.807, 2.05) is 24.3 Å². The summed E-state index contributed by atoms with van der Waals surface area (Å²) in [6.45, 7) is 14.1. The van der Waals surface area contributed by atoms with Crippen molar-refractivity contribution in [1.29, 1.82) is 5.26 Å². The molecule has 1 aromatic heterocycles. The van der Waals surface area contributed by atoms with E-state index < -0.39 is 5.97 Å². The van der Waals surface area contributed by atoms with Crippen LogP contribution in [0, 0.1) is 22.7 Å². The summed E-state index contributed by atoms with van der Waals surface area (Å²) in [6.07, 6.45) is 11.0. The number of nitriles is 1. The molecule has 0 bridgehead atoms. The van der Waals surface area contributed by atoms with Crippen LogP contribution >= 0.6 is 23.4 Å². The van der Waals surface area contributed by atoms with Crippen molar-refractivity contribution in [3.63, 3.8) is 0 Å². The van der Waals surface area contributed by atoms with Gasteiger partial charge in [0.25, 0.3) is 0 Å². The van der Waals surface area contributed by atoms with Crippen LogP contribution in [-0.4, -0.2) is 22.6 Å². The van der Waals surface area contributed by atoms with Gasteiger partial charge in [0.1, 0.15) is 11.6 Å². The normalized spacial score (nSPS) is 21.1. The second kappa shape index (κ2) is 11.7. The molecular weight excluding hydrogens is 538 g/mol. The number of halogens is 1. The molecule has 208 valence electrons. The van der Waals surface area contributed by atoms with Crippen molar-refractivity contribution >= 4 is 35.0 Å². The number of likely N-dealkylation sites (N-methyl/N-ethyl adjacent to an activating group) is 1. The van der Waals surface area contributed by atoms with Gasteiger partial charge >= 0.3 is 5.97 Å². The standard InChI is InChI=1S/C33H36ClN3O2S/c1-7-37-28-10-9-25(34)19-27(28)33(5,6)29(37)11-8-21-17-24(32(2,3)4)18-22(16-23(20-35)31(38)39)30(21)40-26-12-14-36-15-13-26/h8-16,19,24H,7,17-18H2,1-6H3,(H,38,39)/b21-8+,23-16+,29-11+. The van der Waals surface area contributed by atoms with E-state index in [4.69, 9.17) is 11.6 Å². The average Bonchev–Trinajstić information content (AvgIpc) is 3.11. The molecule has 2 aliphatic rings. The summed E-state index contributed by atoms with van der Waals surface area (Å²) in [5, 5.41) is 20.0. The first-order valence-corrected chi connectivity index (χ1v) is 14.7. The number of carboxylic acids is 1. The Hall–Kier alpha value is -3.27. The number of aliphatic carboxylic acids is 1. The molecule has 0 fully saturated rings. The highest BCUT2D eigenvalue weighted by atomic mass is 35.5. The highest BCUT2D eigenvalue weighted by molar-refractivity contribution is 8.03. The molecule has 2 aromatic rings. The highest BCUT2D eigenvalue weighted by Crippen LogP contribution is 2.50. The fourth-order valence-electron chi connectivity index (χ4n) is 5.51. The number of allylic oxidation sites excluding steroid dienone is 6. The molecule has 4 rings (SSSR count). The number of carbonyl (C=O) groups is 1. The zero-order chi connectivity index (χ0) is 29.2. The molecule has 0 amide bonds. The Balaban J connectivity index is 1.92. The molecule has 1 aromatic carbocycles. The monoisotopic (exact) mass is 573 g/mol. The third-order valence-electron chi connectivity index (χ3n) is 7.89. The van der Waals surface area contributed by atoms with Crippen LogP contribution in [0.1, 0.15) is 59.9 Å². The van der Waals surface area contributed by atoms with Gasteiger partial charge in [-0.25, -0.2) is 4.79 Å². The van der Waals surface area contributed by atoms with Gasteiger partial charge in [0.05, 0.1) is 0 Å². The van der Waals surface area contributed by atoms with Crippen molar-refractivity contribution < 1.29 is 9.90 Å². The highest BCUT2D eigenvalue weighted by Gasteiger charge is 2.39. The molecule has 40 heavy (non-hydrogen) atoms. The summed E-state index contributed by atoms with van der Waals surface area (Å²) < 4.78 is 0. The second-order valence-corrected chi connectivity index (χ2v) is 13.4. The fraction of sp³-hybridized carbons (Fsp3) is 0.364. The van der Waals surface area contributed by atoms with Crippen molar-refractivity contribution in [2.24, 2.45) is 11.3 Å². The largest absolute Gasteiger partial charge is 0.477 e. The van der Waals surface area contributed by atoms with E-state index in [1.165, 1.54) is 16.9 Å². The number of hydrogen-bond acceptors (Lipinski definition) is 5. The second-order valence-electron chi connectivity index (χ2n) is 11.9. The molecule has 0 radical (unpaired) electrons. The van der Waals surface area contributed by atoms with Crippen LogP contribution in [0.15, 0.2) is 93.2 Å². The van der Waals surface area contributed by atoms with Crippen LogP contribution in [0.3, 0.4) is 0 Å². The van der Waals surface area contributed by atoms with Gasteiger partial charge < -0.3 is 10.0 Å². The van der Waals surface area contributed by atoms with E-state index in [0.29, 0.717) is 6.42 Å². The van der Waals surface area contributed by atoms with Gasteiger partial charge in [0, 0.05) is 50.6 Å². The van der Waals surface area contributed by atoms with Gasteiger partial charge in [-0.1, -0.05) is 64.1 Å². The summed E-state index contributed by atoms with van der Waals surface area (Å²) >= 11 is 8.00. The van der Waals surface area contributed by atoms with Gasteiger partial charge in [-0.2, -0.15) is 5.26 Å². The summed E-state index contributed by atoms with van der Waals surface area (Å²) in [5.74, 6) is -0.940. The number of aromatic nitrogens is 1. The lowest BCUT2D eigenvalue weighted by atomic mass is 9.70. The molecule has 1 N–H and O–H groups in total. The lowest BCUT2D eigenvalue weighted by Gasteiger charge is -2.37. The van der Waals surface area contributed by atoms with Crippen LogP contribution in [0.5, 0.6) is 0 Å². The van der Waals surface area contributed by atoms with E-state index in [-0.39, 0.29) is 22.3 Å². The van der Waals surface area contributed by atoms with E-state index in [2.05, 4.69) is 75.7 Å². The molecule has 1 atom stereocenters. The lowest BCUT2D eigenvalue weighted by Crippen LogP contribution is -2.26. The van der Waals surface area contributed by atoms with Gasteiger partial charge in [-0.3, -0.25) is 4.98 Å². The lowest BCUT2D eigenvalue weighted by molar-refractivity contribution is -0.132. The third kappa shape index (κ3) is 6.06. The number of pyridine rings is 1. The van der Waals surface area contributed by atoms with E-state index >= 15 is 0 Å². The van der Waals surface area contributed by atoms with Crippen molar-refractivity contribution in [3.05, 3.63) is 98.9 Å². The number of anilines is 1. The van der Waals surface area contributed by atoms with Crippen LogP contribution in [0.25, 0.3) is 0 Å². The topological polar surface area (TPSA) is 77.2 Å². The summed E-state index contributed by atoms with van der Waals surface area (Å²) in [7, 11) is 0. The molecule has 5 nitrogen and oxygen atoms in total. The summed E-state index contributed by atoms with van der Waals surface area (Å²) in [6, 6.07) is 11.9. The fourth-order valence-corrected chi connectivity index (χ4v) is 6.74. The van der Waals surface area contributed by atoms with E-state index in [0.717, 1.165) is 38.9 Å². The number of carboxylic acid groups (broad SMARTS) is 1. The zero-order valence-electron chi connectivity index (χ0n) is 24.0. The first-order valence-electron chi connectivity index (χ1n) is 13.5. The first kappa shape index (κ1) is 29.7. The maximum atomic E-state index is 11.8. The molecular formula is C33H36ClN3O2S. The predicted octanol–water partition coefficient (Wildman–Crippen LogP) is 8.70. The minimum atomic E-state index is -1.21. The smallest absolute Gasteiger partial charge is 0.346 e. The minimum absolute atomic E-state index is 0.0106. The number of benzene rings is 1. The van der Waals surface area contributed by atoms with Crippen molar-refractivity contribution in [1.82, 2.24) is 4.98 Å². The molecule has 7 heteroatoms. The molecule has 0 saturated heterocycles. The Morgan fingerprint density at radius 2 is 1.93 bits per heavy atom. The molecule has 1 aliphatic heterocycles. The van der Waals surface area contributed by atoms with Crippen LogP contribution in [0.2, 0.25) is 5.02 Å². The van der Waals surface area contributed by atoms with Crippen LogP contribution < -0.4 is 4.90 Å². The van der Waals surface area contributed by atoms with Gasteiger partial charge in [0.15, 0.2) is 0 Å². The zero-order valence-corrected chi connectivity index (χ0v) is 25.5. The first-order chi connectivity index (χ1) is 18.9. The van der Waals surface area contributed by atoms with E-state index in [1.54, 1.807) is 30.2 Å². The van der Waals surface area contributed by atoms with E-state index in [9.17, 15) is 15.2 Å². The molecule has 0 saturated carbocycles. The quantitative estimate of drug-likeness (QED) is 0.275. The third-order valence-corrected chi connectivity index (χ3v) is 9.36. The maximum absolute atomic E-state index is 11.8. The van der Waals surface area contributed by atoms with Crippen molar-refractivity contribution in [2.75, 3.05) is 11.4 Å². The molecule has 0 spiro atoms. The SMILES string of the molecule is CCN1/C(=C/C=C2\CC(C(C)(C)C)CC(/C=C(\C#N)C(=O)O)=C2Sc2ccncc2)C(C)(C)c2cc(Cl)ccc21. The van der Waals surface area contributed by atoms with Crippen LogP contribution in [0.4, 0.5) is 5.69 Å². The Morgan fingerprint density at radius 1 is 1.23 bits per heavy atom. The number of rotatable bonds is 6. The number of hydrogen-bond donors (Lipinski definition) is 1. The number of thioether (sulfide) groups is 1. The summed E-state index contributed by atoms with van der Waals surface area (Å²) in [5.41, 5.74) is 5.07. The molecule has 1 unspecified atom stereocenters. The molecule has 2 heterocycles.